The van der Waals surface area contributed by atoms with Gasteiger partial charge < -0.3 is 0 Å². The molecular formula is C22H36. The van der Waals surface area contributed by atoms with Crippen molar-refractivity contribution in [1.29, 1.82) is 0 Å². The summed E-state index contributed by atoms with van der Waals surface area (Å²) < 4.78 is 0. The number of rotatable bonds is 2. The van der Waals surface area contributed by atoms with Crippen LogP contribution in [0.2, 0.25) is 0 Å². The summed E-state index contributed by atoms with van der Waals surface area (Å²) in [5.41, 5.74) is 4.53. The summed E-state index contributed by atoms with van der Waals surface area (Å²) >= 11 is 0. The predicted octanol–water partition coefficient (Wildman–Crippen LogP) is 6.92. The van der Waals surface area contributed by atoms with Crippen molar-refractivity contribution >= 4 is 0 Å². The third-order valence-electron chi connectivity index (χ3n) is 7.53. The molecule has 0 spiro atoms. The Labute approximate surface area is 138 Å². The van der Waals surface area contributed by atoms with Crippen LogP contribution in [0.4, 0.5) is 0 Å². The zero-order chi connectivity index (χ0) is 16.0. The third kappa shape index (κ3) is 3.52. The Balaban J connectivity index is 0.000000134. The maximum Gasteiger partial charge on any atom is -0.0171 e. The summed E-state index contributed by atoms with van der Waals surface area (Å²) in [6, 6.07) is 0. The van der Waals surface area contributed by atoms with E-state index in [9.17, 15) is 0 Å². The van der Waals surface area contributed by atoms with Crippen molar-refractivity contribution in [2.24, 2.45) is 28.6 Å². The minimum atomic E-state index is 0.767. The molecule has 0 N–H and O–H groups in total. The molecule has 0 saturated heterocycles. The first kappa shape index (κ1) is 16.3. The molecule has 0 aliphatic heterocycles. The van der Waals surface area contributed by atoms with Crippen LogP contribution in [-0.4, -0.2) is 0 Å². The molecule has 4 rings (SSSR count). The summed E-state index contributed by atoms with van der Waals surface area (Å²) in [4.78, 5) is 0. The highest BCUT2D eigenvalue weighted by atomic mass is 14.6. The molecule has 0 amide bonds. The van der Waals surface area contributed by atoms with Crippen molar-refractivity contribution in [1.82, 2.24) is 0 Å². The molecule has 3 fully saturated rings. The minimum absolute atomic E-state index is 0.767. The van der Waals surface area contributed by atoms with Gasteiger partial charge in [-0.1, -0.05) is 37.6 Å². The van der Waals surface area contributed by atoms with Gasteiger partial charge in [0, 0.05) is 0 Å². The van der Waals surface area contributed by atoms with Gasteiger partial charge in [0.1, 0.15) is 0 Å². The van der Waals surface area contributed by atoms with Gasteiger partial charge in [-0.15, -0.1) is 0 Å². The van der Waals surface area contributed by atoms with Crippen molar-refractivity contribution in [3.05, 3.63) is 23.8 Å². The molecule has 0 radical (unpaired) electrons. The fourth-order valence-corrected chi connectivity index (χ4v) is 4.79. The van der Waals surface area contributed by atoms with Crippen molar-refractivity contribution in [3.8, 4) is 0 Å². The lowest BCUT2D eigenvalue weighted by molar-refractivity contribution is 0.202. The molecule has 3 unspecified atom stereocenters. The Bertz CT molecular complexity index is 464. The SMILES string of the molecule is C=C(C)[C@H]1CC=C(C)CC1.CC1(C2CCC3(C)CC3C2)CC1. The van der Waals surface area contributed by atoms with Gasteiger partial charge in [0.25, 0.3) is 0 Å². The molecule has 0 aromatic carbocycles. The second kappa shape index (κ2) is 5.84. The summed E-state index contributed by atoms with van der Waals surface area (Å²) in [6.45, 7) is 13.3. The van der Waals surface area contributed by atoms with Gasteiger partial charge >= 0.3 is 0 Å². The zero-order valence-corrected chi connectivity index (χ0v) is 15.4. The van der Waals surface area contributed by atoms with E-state index in [0.717, 1.165) is 28.6 Å². The molecule has 0 heteroatoms. The minimum Gasteiger partial charge on any atom is -0.0998 e. The van der Waals surface area contributed by atoms with Gasteiger partial charge in [0.05, 0.1) is 0 Å². The van der Waals surface area contributed by atoms with Crippen LogP contribution in [0, 0.1) is 28.6 Å². The molecule has 124 valence electrons. The van der Waals surface area contributed by atoms with E-state index in [0.29, 0.717) is 0 Å². The van der Waals surface area contributed by atoms with E-state index in [1.807, 2.05) is 0 Å². The van der Waals surface area contributed by atoms with Gasteiger partial charge in [-0.2, -0.15) is 0 Å². The molecular weight excluding hydrogens is 264 g/mol. The Hall–Kier alpha value is -0.520. The first-order valence-corrected chi connectivity index (χ1v) is 9.63. The summed E-state index contributed by atoms with van der Waals surface area (Å²) in [5.74, 6) is 3.01. The molecule has 3 saturated carbocycles. The van der Waals surface area contributed by atoms with Crippen molar-refractivity contribution in [2.45, 2.75) is 85.5 Å². The predicted molar refractivity (Wildman–Crippen MR) is 96.8 cm³/mol. The van der Waals surface area contributed by atoms with Crippen molar-refractivity contribution < 1.29 is 0 Å². The monoisotopic (exact) mass is 300 g/mol. The molecule has 22 heavy (non-hydrogen) atoms. The highest BCUT2D eigenvalue weighted by molar-refractivity contribution is 5.10. The topological polar surface area (TPSA) is 0 Å². The number of hydrogen-bond donors (Lipinski definition) is 0. The molecule has 4 atom stereocenters. The maximum atomic E-state index is 3.97. The van der Waals surface area contributed by atoms with Gasteiger partial charge in [-0.3, -0.25) is 0 Å². The van der Waals surface area contributed by atoms with Crippen molar-refractivity contribution in [2.75, 3.05) is 0 Å². The van der Waals surface area contributed by atoms with Crippen LogP contribution in [0.15, 0.2) is 23.8 Å². The number of hydrogen-bond acceptors (Lipinski definition) is 0. The number of fused-ring (bicyclic) bond motifs is 1. The Morgan fingerprint density at radius 3 is 2.32 bits per heavy atom. The van der Waals surface area contributed by atoms with Gasteiger partial charge in [0.15, 0.2) is 0 Å². The highest BCUT2D eigenvalue weighted by Crippen LogP contribution is 2.67. The summed E-state index contributed by atoms with van der Waals surface area (Å²) in [5, 5.41) is 0. The lowest BCUT2D eigenvalue weighted by atomic mass is 9.75. The Morgan fingerprint density at radius 1 is 1.09 bits per heavy atom. The van der Waals surface area contributed by atoms with Gasteiger partial charge in [-0.25, -0.2) is 0 Å². The van der Waals surface area contributed by atoms with E-state index in [2.05, 4.69) is 40.3 Å². The molecule has 0 nitrogen and oxygen atoms in total. The van der Waals surface area contributed by atoms with Crippen LogP contribution >= 0.6 is 0 Å². The standard InChI is InChI=1S/C12H20.C10H16/c1-11(5-6-11)9-3-4-12(2)8-10(12)7-9;1-8(2)10-6-4-9(3)5-7-10/h9-10H,3-8H2,1-2H3;4,10H,1,5-7H2,2-3H3/t;10-/m.0/s1. The third-order valence-corrected chi connectivity index (χ3v) is 7.53. The zero-order valence-electron chi connectivity index (χ0n) is 15.4. The van der Waals surface area contributed by atoms with E-state index in [4.69, 9.17) is 0 Å². The molecule has 4 aliphatic rings. The van der Waals surface area contributed by atoms with E-state index < -0.39 is 0 Å². The van der Waals surface area contributed by atoms with E-state index >= 15 is 0 Å². The summed E-state index contributed by atoms with van der Waals surface area (Å²) in [7, 11) is 0. The lowest BCUT2D eigenvalue weighted by Crippen LogP contribution is -2.20. The van der Waals surface area contributed by atoms with E-state index in [-0.39, 0.29) is 0 Å². The Kier molecular flexibility index (Phi) is 4.34. The van der Waals surface area contributed by atoms with Crippen LogP contribution in [0.5, 0.6) is 0 Å². The van der Waals surface area contributed by atoms with Crippen LogP contribution in [-0.2, 0) is 0 Å². The normalized spacial score (nSPS) is 41.5. The first-order valence-electron chi connectivity index (χ1n) is 9.63. The molecule has 4 aliphatic carbocycles. The maximum absolute atomic E-state index is 3.97. The largest absolute Gasteiger partial charge is 0.0998 e. The van der Waals surface area contributed by atoms with Gasteiger partial charge in [0.2, 0.25) is 0 Å². The van der Waals surface area contributed by atoms with Crippen LogP contribution in [0.25, 0.3) is 0 Å². The van der Waals surface area contributed by atoms with Gasteiger partial charge in [-0.05, 0) is 100 Å². The average molecular weight is 301 g/mol. The fourth-order valence-electron chi connectivity index (χ4n) is 4.79. The van der Waals surface area contributed by atoms with E-state index in [1.54, 1.807) is 24.8 Å². The molecule has 0 aromatic rings. The highest BCUT2D eigenvalue weighted by Gasteiger charge is 2.57. The average Bonchev–Trinajstić information content (AvgIpc) is 3.36. The Morgan fingerprint density at radius 2 is 1.82 bits per heavy atom. The molecule has 0 aromatic heterocycles. The second-order valence-electron chi connectivity index (χ2n) is 9.55. The second-order valence-corrected chi connectivity index (χ2v) is 9.55. The van der Waals surface area contributed by atoms with Crippen LogP contribution in [0.1, 0.15) is 85.5 Å². The van der Waals surface area contributed by atoms with Crippen molar-refractivity contribution in [3.63, 3.8) is 0 Å². The number of allylic oxidation sites excluding steroid dienone is 3. The lowest BCUT2D eigenvalue weighted by Gasteiger charge is -2.30. The smallest absolute Gasteiger partial charge is 0.0171 e. The first-order chi connectivity index (χ1) is 10.3. The van der Waals surface area contributed by atoms with E-state index in [1.165, 1.54) is 44.1 Å². The summed E-state index contributed by atoms with van der Waals surface area (Å²) in [6.07, 6.45) is 15.4. The quantitative estimate of drug-likeness (QED) is 0.485. The van der Waals surface area contributed by atoms with Crippen LogP contribution in [0.3, 0.4) is 0 Å². The molecule has 0 heterocycles. The molecule has 0 bridgehead atoms. The van der Waals surface area contributed by atoms with Crippen LogP contribution < -0.4 is 0 Å². The fraction of sp³-hybridized carbons (Fsp3) is 0.818.